The summed E-state index contributed by atoms with van der Waals surface area (Å²) in [5, 5.41) is 12.3. The molecule has 1 aromatic heterocycles. The van der Waals surface area contributed by atoms with Crippen molar-refractivity contribution in [3.8, 4) is 0 Å². The Kier molecular flexibility index (Phi) is 1.98. The summed E-state index contributed by atoms with van der Waals surface area (Å²) in [6.45, 7) is 0. The van der Waals surface area contributed by atoms with Gasteiger partial charge in [0.25, 0.3) is 5.91 Å². The Morgan fingerprint density at radius 2 is 2.43 bits per heavy atom. The van der Waals surface area contributed by atoms with Gasteiger partial charge in [0.2, 0.25) is 5.91 Å². The molecule has 0 radical (unpaired) electrons. The van der Waals surface area contributed by atoms with Gasteiger partial charge in [-0.15, -0.1) is 0 Å². The van der Waals surface area contributed by atoms with Gasteiger partial charge in [-0.25, -0.2) is 5.43 Å². The normalized spacial score (nSPS) is 14.9. The van der Waals surface area contributed by atoms with E-state index in [0.717, 1.165) is 0 Å². The zero-order chi connectivity index (χ0) is 9.97. The topological polar surface area (TPSA) is 99.2 Å². The number of carbonyl (C=O) groups excluding carboxylic acids is 2. The van der Waals surface area contributed by atoms with Crippen molar-refractivity contribution in [1.29, 1.82) is 0 Å². The molecular weight excluding hydrogens is 186 g/mol. The Morgan fingerprint density at radius 1 is 1.57 bits per heavy atom. The van der Waals surface area contributed by atoms with Crippen molar-refractivity contribution >= 4 is 23.3 Å². The third-order valence-corrected chi connectivity index (χ3v) is 1.65. The fourth-order valence-electron chi connectivity index (χ4n) is 1.01. The monoisotopic (exact) mass is 193 g/mol. The van der Waals surface area contributed by atoms with Crippen molar-refractivity contribution in [2.45, 2.75) is 6.42 Å². The third kappa shape index (κ3) is 1.60. The number of aromatic amines is 1. The molecule has 7 heteroatoms. The lowest BCUT2D eigenvalue weighted by Gasteiger charge is -1.98. The third-order valence-electron chi connectivity index (χ3n) is 1.65. The summed E-state index contributed by atoms with van der Waals surface area (Å²) in [6.07, 6.45) is 1.52. The standard InChI is InChI=1S/C7H7N5O2/c13-6-3-4(10-12-6)7(14)9-5-1-2-8-11-5/h1-2H,3H2,(H,12,13)(H2,8,9,11,14). The average molecular weight is 193 g/mol. The van der Waals surface area contributed by atoms with Gasteiger partial charge in [-0.3, -0.25) is 14.7 Å². The van der Waals surface area contributed by atoms with Gasteiger partial charge in [0, 0.05) is 6.07 Å². The highest BCUT2D eigenvalue weighted by Crippen LogP contribution is 2.02. The zero-order valence-corrected chi connectivity index (χ0v) is 7.07. The number of hydrazone groups is 1. The molecule has 7 nitrogen and oxygen atoms in total. The number of aromatic nitrogens is 2. The molecule has 0 fully saturated rings. The lowest BCUT2D eigenvalue weighted by molar-refractivity contribution is -0.119. The molecule has 0 aromatic carbocycles. The number of anilines is 1. The molecule has 0 saturated carbocycles. The van der Waals surface area contributed by atoms with E-state index in [1.807, 2.05) is 0 Å². The molecule has 2 amide bonds. The van der Waals surface area contributed by atoms with Crippen molar-refractivity contribution in [2.75, 3.05) is 5.32 Å². The largest absolute Gasteiger partial charge is 0.306 e. The number of hydrogen-bond donors (Lipinski definition) is 3. The lowest BCUT2D eigenvalue weighted by Crippen LogP contribution is -2.22. The van der Waals surface area contributed by atoms with Gasteiger partial charge in [-0.05, 0) is 0 Å². The Balaban J connectivity index is 2.00. The zero-order valence-electron chi connectivity index (χ0n) is 7.07. The highest BCUT2D eigenvalue weighted by molar-refractivity contribution is 6.46. The van der Waals surface area contributed by atoms with Crippen molar-refractivity contribution in [3.63, 3.8) is 0 Å². The van der Waals surface area contributed by atoms with E-state index in [2.05, 4.69) is 26.0 Å². The van der Waals surface area contributed by atoms with Crippen LogP contribution in [0.5, 0.6) is 0 Å². The fourth-order valence-corrected chi connectivity index (χ4v) is 1.01. The number of rotatable bonds is 2. The minimum atomic E-state index is -0.410. The van der Waals surface area contributed by atoms with Crippen molar-refractivity contribution in [3.05, 3.63) is 12.3 Å². The highest BCUT2D eigenvalue weighted by atomic mass is 16.2. The smallest absolute Gasteiger partial charge is 0.273 e. The second kappa shape index (κ2) is 3.29. The summed E-state index contributed by atoms with van der Waals surface area (Å²) in [6, 6.07) is 1.60. The molecule has 0 saturated heterocycles. The van der Waals surface area contributed by atoms with Crippen LogP contribution < -0.4 is 10.7 Å². The number of amides is 2. The molecule has 1 aliphatic rings. The predicted molar refractivity (Wildman–Crippen MR) is 47.4 cm³/mol. The van der Waals surface area contributed by atoms with Crippen LogP contribution >= 0.6 is 0 Å². The molecule has 14 heavy (non-hydrogen) atoms. The summed E-state index contributed by atoms with van der Waals surface area (Å²) in [4.78, 5) is 22.1. The van der Waals surface area contributed by atoms with E-state index in [0.29, 0.717) is 5.82 Å². The molecular formula is C7H7N5O2. The quantitative estimate of drug-likeness (QED) is 0.574. The number of carbonyl (C=O) groups is 2. The second-order valence-corrected chi connectivity index (χ2v) is 2.69. The van der Waals surface area contributed by atoms with Crippen LogP contribution in [0.1, 0.15) is 6.42 Å². The maximum Gasteiger partial charge on any atom is 0.273 e. The molecule has 0 bridgehead atoms. The van der Waals surface area contributed by atoms with Crippen molar-refractivity contribution < 1.29 is 9.59 Å². The Morgan fingerprint density at radius 3 is 3.00 bits per heavy atom. The van der Waals surface area contributed by atoms with Crippen LogP contribution in [0.25, 0.3) is 0 Å². The van der Waals surface area contributed by atoms with Gasteiger partial charge in [-0.1, -0.05) is 0 Å². The van der Waals surface area contributed by atoms with E-state index < -0.39 is 5.91 Å². The summed E-state index contributed by atoms with van der Waals surface area (Å²) in [5.41, 5.74) is 2.36. The maximum absolute atomic E-state index is 11.4. The van der Waals surface area contributed by atoms with E-state index in [-0.39, 0.29) is 18.0 Å². The van der Waals surface area contributed by atoms with Gasteiger partial charge in [0.15, 0.2) is 0 Å². The highest BCUT2D eigenvalue weighted by Gasteiger charge is 2.21. The fraction of sp³-hybridized carbons (Fsp3) is 0.143. The van der Waals surface area contributed by atoms with E-state index in [4.69, 9.17) is 0 Å². The first-order valence-corrected chi connectivity index (χ1v) is 3.92. The van der Waals surface area contributed by atoms with Crippen LogP contribution in [-0.2, 0) is 9.59 Å². The number of nitrogens with one attached hydrogen (secondary N) is 3. The molecule has 2 rings (SSSR count). The molecule has 1 aliphatic heterocycles. The minimum Gasteiger partial charge on any atom is -0.306 e. The molecule has 72 valence electrons. The SMILES string of the molecule is O=C1CC(C(=O)Nc2ccn[nH]2)=NN1. The maximum atomic E-state index is 11.4. The van der Waals surface area contributed by atoms with Gasteiger partial charge in [0.05, 0.1) is 12.6 Å². The average Bonchev–Trinajstić information content (AvgIpc) is 2.75. The van der Waals surface area contributed by atoms with Crippen LogP contribution in [0, 0.1) is 0 Å². The van der Waals surface area contributed by atoms with E-state index >= 15 is 0 Å². The van der Waals surface area contributed by atoms with Crippen LogP contribution in [0.4, 0.5) is 5.82 Å². The Bertz CT molecular complexity index is 394. The Hall–Kier alpha value is -2.18. The first kappa shape index (κ1) is 8.42. The summed E-state index contributed by atoms with van der Waals surface area (Å²) >= 11 is 0. The number of nitrogens with zero attached hydrogens (tertiary/aromatic N) is 2. The summed E-state index contributed by atoms with van der Waals surface area (Å²) < 4.78 is 0. The second-order valence-electron chi connectivity index (χ2n) is 2.69. The van der Waals surface area contributed by atoms with E-state index in [9.17, 15) is 9.59 Å². The summed E-state index contributed by atoms with van der Waals surface area (Å²) in [7, 11) is 0. The first-order valence-electron chi connectivity index (χ1n) is 3.92. The van der Waals surface area contributed by atoms with Crippen molar-refractivity contribution in [2.24, 2.45) is 5.10 Å². The molecule has 1 aromatic rings. The van der Waals surface area contributed by atoms with E-state index in [1.54, 1.807) is 6.07 Å². The van der Waals surface area contributed by atoms with E-state index in [1.165, 1.54) is 6.20 Å². The minimum absolute atomic E-state index is 0.0139. The lowest BCUT2D eigenvalue weighted by atomic mass is 10.2. The first-order chi connectivity index (χ1) is 6.75. The molecule has 0 aliphatic carbocycles. The van der Waals surface area contributed by atoms with Crippen LogP contribution in [0.2, 0.25) is 0 Å². The molecule has 2 heterocycles. The van der Waals surface area contributed by atoms with Gasteiger partial charge >= 0.3 is 0 Å². The van der Waals surface area contributed by atoms with Gasteiger partial charge < -0.3 is 5.32 Å². The van der Waals surface area contributed by atoms with Crippen LogP contribution in [0.15, 0.2) is 17.4 Å². The molecule has 0 spiro atoms. The van der Waals surface area contributed by atoms with Crippen LogP contribution in [0.3, 0.4) is 0 Å². The molecule has 0 unspecified atom stereocenters. The molecule has 3 N–H and O–H groups in total. The van der Waals surface area contributed by atoms with Gasteiger partial charge in [-0.2, -0.15) is 10.2 Å². The summed E-state index contributed by atoms with van der Waals surface area (Å²) in [5.74, 6) is -0.218. The van der Waals surface area contributed by atoms with Crippen molar-refractivity contribution in [1.82, 2.24) is 15.6 Å². The molecule has 0 atom stereocenters. The number of hydrogen-bond acceptors (Lipinski definition) is 4. The van der Waals surface area contributed by atoms with Gasteiger partial charge in [0.1, 0.15) is 11.5 Å². The van der Waals surface area contributed by atoms with Crippen LogP contribution in [-0.4, -0.2) is 27.7 Å². The number of H-pyrrole nitrogens is 1. The Labute approximate surface area is 78.6 Å². The predicted octanol–water partition coefficient (Wildman–Crippen LogP) is -0.776.